The maximum Gasteiger partial charge on any atom is 3.00 e. The van der Waals surface area contributed by atoms with Crippen LogP contribution >= 0.6 is 0 Å². The van der Waals surface area contributed by atoms with E-state index in [4.69, 9.17) is 0 Å². The minimum Gasteiger partial charge on any atom is -1.00 e. The summed E-state index contributed by atoms with van der Waals surface area (Å²) >= 11 is 0. The molecule has 7 heteroatoms. The Morgan fingerprint density at radius 1 is 0.909 bits per heavy atom. The second-order valence-corrected chi connectivity index (χ2v) is 1.09. The topological polar surface area (TPSA) is 43.4 Å². The standard InChI is InChI=1S/C4H6O3.B.3FH/c1-3(5)7-4(2)6;;;;/h1-2H3;;3*1H/q;+3;;;/p-3. The minimum absolute atomic E-state index is 0. The molecule has 0 spiro atoms. The van der Waals surface area contributed by atoms with Crippen LogP contribution in [0.3, 0.4) is 0 Å². The van der Waals surface area contributed by atoms with E-state index in [1.807, 2.05) is 0 Å². The van der Waals surface area contributed by atoms with Crippen molar-refractivity contribution in [3.8, 4) is 0 Å². The summed E-state index contributed by atoms with van der Waals surface area (Å²) in [5.74, 6) is -1.12. The Hall–Kier alpha value is -1.01. The Bertz CT molecular complexity index is 96.8. The van der Waals surface area contributed by atoms with Crippen molar-refractivity contribution in [3.63, 3.8) is 0 Å². The fourth-order valence-electron chi connectivity index (χ4n) is 0.202. The van der Waals surface area contributed by atoms with Crippen molar-refractivity contribution in [2.75, 3.05) is 0 Å². The van der Waals surface area contributed by atoms with Crippen LogP contribution in [0.2, 0.25) is 0 Å². The summed E-state index contributed by atoms with van der Waals surface area (Å²) in [5, 5.41) is 0. The van der Waals surface area contributed by atoms with Crippen molar-refractivity contribution in [2.45, 2.75) is 13.8 Å². The predicted molar refractivity (Wildman–Crippen MR) is 28.2 cm³/mol. The molecule has 3 nitrogen and oxygen atoms in total. The van der Waals surface area contributed by atoms with Crippen LogP contribution in [0.25, 0.3) is 0 Å². The van der Waals surface area contributed by atoms with Gasteiger partial charge in [0.25, 0.3) is 0 Å². The van der Waals surface area contributed by atoms with E-state index in [1.54, 1.807) is 0 Å². The molecule has 0 aromatic rings. The van der Waals surface area contributed by atoms with E-state index in [2.05, 4.69) is 4.74 Å². The maximum absolute atomic E-state index is 9.81. The SMILES string of the molecule is CC(=O)OC(C)=O.[B+3].[F-].[F-].[F-]. The van der Waals surface area contributed by atoms with Gasteiger partial charge in [0.2, 0.25) is 0 Å². The molecule has 0 aromatic heterocycles. The average Bonchev–Trinajstić information content (AvgIpc) is 1.27. The maximum atomic E-state index is 9.81. The second-order valence-electron chi connectivity index (χ2n) is 1.09. The molecule has 0 aliphatic rings. The number of carbonyl (C=O) groups is 2. The third-order valence-corrected chi connectivity index (χ3v) is 0.287. The van der Waals surface area contributed by atoms with Crippen molar-refractivity contribution in [1.82, 2.24) is 0 Å². The summed E-state index contributed by atoms with van der Waals surface area (Å²) in [7, 11) is 0. The fraction of sp³-hybridized carbons (Fsp3) is 0.500. The average molecular weight is 170 g/mol. The first-order chi connectivity index (χ1) is 3.13. The van der Waals surface area contributed by atoms with Crippen molar-refractivity contribution in [1.29, 1.82) is 0 Å². The molecule has 0 unspecified atom stereocenters. The van der Waals surface area contributed by atoms with Crippen LogP contribution in [0.15, 0.2) is 0 Å². The molecule has 0 atom stereocenters. The first-order valence-electron chi connectivity index (χ1n) is 1.82. The van der Waals surface area contributed by atoms with Crippen LogP contribution < -0.4 is 14.1 Å². The van der Waals surface area contributed by atoms with Crippen LogP contribution in [0, 0.1) is 0 Å². The number of ether oxygens (including phenoxy) is 1. The molecule has 0 aliphatic heterocycles. The van der Waals surface area contributed by atoms with E-state index in [-0.39, 0.29) is 22.5 Å². The van der Waals surface area contributed by atoms with Crippen LogP contribution in [0.1, 0.15) is 13.8 Å². The molecular formula is C4H6BF3O3. The summed E-state index contributed by atoms with van der Waals surface area (Å²) in [5.41, 5.74) is 0. The Kier molecular flexibility index (Phi) is 47.1. The normalized spacial score (nSPS) is 4.91. The molecule has 0 N–H and O–H groups in total. The quantitative estimate of drug-likeness (QED) is 0.206. The molecule has 11 heavy (non-hydrogen) atoms. The monoisotopic (exact) mass is 170 g/mol. The van der Waals surface area contributed by atoms with Gasteiger partial charge >= 0.3 is 20.4 Å². The third kappa shape index (κ3) is 49.1. The zero-order valence-electron chi connectivity index (χ0n) is 5.94. The Balaban J connectivity index is -0.0000000300. The van der Waals surface area contributed by atoms with Crippen molar-refractivity contribution >= 4 is 20.4 Å². The molecule has 0 aliphatic carbocycles. The zero-order valence-corrected chi connectivity index (χ0v) is 5.94. The molecule has 0 radical (unpaired) electrons. The summed E-state index contributed by atoms with van der Waals surface area (Å²) in [6.45, 7) is 2.36. The molecule has 0 bridgehead atoms. The van der Waals surface area contributed by atoms with E-state index >= 15 is 0 Å². The van der Waals surface area contributed by atoms with E-state index in [0.29, 0.717) is 0 Å². The van der Waals surface area contributed by atoms with Gasteiger partial charge in [-0.15, -0.1) is 0 Å². The fourth-order valence-corrected chi connectivity index (χ4v) is 0.202. The van der Waals surface area contributed by atoms with Crippen molar-refractivity contribution in [2.24, 2.45) is 0 Å². The summed E-state index contributed by atoms with van der Waals surface area (Å²) < 4.78 is 3.97. The van der Waals surface area contributed by atoms with Gasteiger partial charge in [-0.1, -0.05) is 0 Å². The number of hydrogen-bond donors (Lipinski definition) is 0. The molecule has 0 saturated heterocycles. The van der Waals surface area contributed by atoms with Gasteiger partial charge in [0.05, 0.1) is 0 Å². The van der Waals surface area contributed by atoms with E-state index < -0.39 is 11.9 Å². The van der Waals surface area contributed by atoms with Crippen molar-refractivity contribution in [3.05, 3.63) is 0 Å². The molecule has 0 heterocycles. The van der Waals surface area contributed by atoms with Crippen molar-refractivity contribution < 1.29 is 28.4 Å². The first kappa shape index (κ1) is 32.4. The number of rotatable bonds is 0. The Morgan fingerprint density at radius 3 is 1.09 bits per heavy atom. The van der Waals surface area contributed by atoms with Gasteiger partial charge in [0, 0.05) is 13.8 Å². The molecule has 0 aromatic carbocycles. The summed E-state index contributed by atoms with van der Waals surface area (Å²) in [6, 6.07) is 0. The number of hydrogen-bond acceptors (Lipinski definition) is 3. The van der Waals surface area contributed by atoms with Gasteiger partial charge in [-0.05, 0) is 0 Å². The van der Waals surface area contributed by atoms with Crippen LogP contribution in [-0.4, -0.2) is 20.4 Å². The molecular weight excluding hydrogens is 164 g/mol. The largest absolute Gasteiger partial charge is 3.00 e. The summed E-state index contributed by atoms with van der Waals surface area (Å²) in [4.78, 5) is 19.6. The van der Waals surface area contributed by atoms with Gasteiger partial charge in [0.1, 0.15) is 0 Å². The number of halogens is 3. The van der Waals surface area contributed by atoms with E-state index in [1.165, 1.54) is 13.8 Å². The molecule has 0 rings (SSSR count). The first-order valence-corrected chi connectivity index (χ1v) is 1.82. The van der Waals surface area contributed by atoms with E-state index in [0.717, 1.165) is 0 Å². The van der Waals surface area contributed by atoms with Gasteiger partial charge in [-0.2, -0.15) is 0 Å². The molecule has 64 valence electrons. The molecule has 0 amide bonds. The Labute approximate surface area is 63.8 Å². The van der Waals surface area contributed by atoms with E-state index in [9.17, 15) is 9.59 Å². The predicted octanol–water partition coefficient (Wildman–Crippen LogP) is -9.27. The van der Waals surface area contributed by atoms with Crippen LogP contribution in [-0.2, 0) is 14.3 Å². The van der Waals surface area contributed by atoms with Gasteiger partial charge in [-0.25, -0.2) is 0 Å². The molecule has 0 fully saturated rings. The van der Waals surface area contributed by atoms with Gasteiger partial charge in [-0.3, -0.25) is 9.59 Å². The molecule has 0 saturated carbocycles. The van der Waals surface area contributed by atoms with Crippen LogP contribution in [0.4, 0.5) is 0 Å². The van der Waals surface area contributed by atoms with Gasteiger partial charge in [0.15, 0.2) is 0 Å². The Morgan fingerprint density at radius 2 is 1.09 bits per heavy atom. The minimum atomic E-state index is -0.562. The zero-order chi connectivity index (χ0) is 5.86. The number of carbonyl (C=O) groups excluding carboxylic acids is 2. The van der Waals surface area contributed by atoms with Crippen LogP contribution in [0.5, 0.6) is 0 Å². The smallest absolute Gasteiger partial charge is 1.00 e. The second kappa shape index (κ2) is 16.0. The third-order valence-electron chi connectivity index (χ3n) is 0.287. The summed E-state index contributed by atoms with van der Waals surface area (Å²) in [6.07, 6.45) is 0. The van der Waals surface area contributed by atoms with Gasteiger partial charge < -0.3 is 18.9 Å². The number of esters is 2.